The Morgan fingerprint density at radius 3 is 2.75 bits per heavy atom. The lowest BCUT2D eigenvalue weighted by molar-refractivity contribution is 0.288. The van der Waals surface area contributed by atoms with Crippen molar-refractivity contribution in [3.8, 4) is 22.9 Å². The molecule has 1 N–H and O–H groups in total. The van der Waals surface area contributed by atoms with E-state index in [2.05, 4.69) is 16.9 Å². The fourth-order valence-electron chi connectivity index (χ4n) is 2.48. The summed E-state index contributed by atoms with van der Waals surface area (Å²) >= 11 is 0. The van der Waals surface area contributed by atoms with Gasteiger partial charge in [0, 0.05) is 5.56 Å². The molecule has 0 saturated heterocycles. The monoisotopic (exact) mass is 324 g/mol. The number of nitrogens with zero attached hydrogens (tertiary/aromatic N) is 1. The highest BCUT2D eigenvalue weighted by Gasteiger charge is 2.10. The molecule has 124 valence electrons. The Labute approximate surface area is 140 Å². The van der Waals surface area contributed by atoms with Gasteiger partial charge in [-0.25, -0.2) is 4.98 Å². The highest BCUT2D eigenvalue weighted by Crippen LogP contribution is 2.31. The molecule has 24 heavy (non-hydrogen) atoms. The zero-order valence-corrected chi connectivity index (χ0v) is 13.8. The minimum absolute atomic E-state index is 0.155. The fourth-order valence-corrected chi connectivity index (χ4v) is 2.48. The SMILES string of the molecule is CCCCOc1ccc(-c2nc3ccccc3c(=O)[nH]2)cc1OC. The molecule has 0 unspecified atom stereocenters. The van der Waals surface area contributed by atoms with E-state index in [0.29, 0.717) is 34.8 Å². The minimum Gasteiger partial charge on any atom is -0.493 e. The van der Waals surface area contributed by atoms with Crippen LogP contribution in [0.2, 0.25) is 0 Å². The van der Waals surface area contributed by atoms with E-state index >= 15 is 0 Å². The quantitative estimate of drug-likeness (QED) is 0.701. The molecule has 1 aromatic heterocycles. The van der Waals surface area contributed by atoms with Crippen LogP contribution in [0.4, 0.5) is 0 Å². The van der Waals surface area contributed by atoms with Crippen molar-refractivity contribution in [1.82, 2.24) is 9.97 Å². The highest BCUT2D eigenvalue weighted by molar-refractivity contribution is 5.79. The molecule has 3 aromatic rings. The van der Waals surface area contributed by atoms with Crippen LogP contribution >= 0.6 is 0 Å². The Bertz CT molecular complexity index is 902. The number of para-hydroxylation sites is 1. The van der Waals surface area contributed by atoms with Crippen molar-refractivity contribution >= 4 is 10.9 Å². The Hall–Kier alpha value is -2.82. The first-order valence-electron chi connectivity index (χ1n) is 8.03. The summed E-state index contributed by atoms with van der Waals surface area (Å²) in [6.07, 6.45) is 2.06. The molecule has 0 aliphatic heterocycles. The third kappa shape index (κ3) is 3.25. The number of benzene rings is 2. The zero-order valence-electron chi connectivity index (χ0n) is 13.8. The Morgan fingerprint density at radius 1 is 1.12 bits per heavy atom. The van der Waals surface area contributed by atoms with Crippen molar-refractivity contribution in [2.24, 2.45) is 0 Å². The summed E-state index contributed by atoms with van der Waals surface area (Å²) in [6, 6.07) is 12.8. The lowest BCUT2D eigenvalue weighted by atomic mass is 10.1. The molecule has 0 radical (unpaired) electrons. The number of rotatable bonds is 6. The number of methoxy groups -OCH3 is 1. The second-order valence-electron chi connectivity index (χ2n) is 5.50. The highest BCUT2D eigenvalue weighted by atomic mass is 16.5. The van der Waals surface area contributed by atoms with Gasteiger partial charge >= 0.3 is 0 Å². The molecule has 0 aliphatic carbocycles. The summed E-state index contributed by atoms with van der Waals surface area (Å²) in [7, 11) is 1.60. The minimum atomic E-state index is -0.155. The molecule has 0 saturated carbocycles. The van der Waals surface area contributed by atoms with Crippen molar-refractivity contribution in [3.05, 3.63) is 52.8 Å². The van der Waals surface area contributed by atoms with Crippen LogP contribution in [0.3, 0.4) is 0 Å². The van der Waals surface area contributed by atoms with Crippen LogP contribution in [0.5, 0.6) is 11.5 Å². The standard InChI is InChI=1S/C19H20N2O3/c1-3-4-11-24-16-10-9-13(12-17(16)23-2)18-20-15-8-6-5-7-14(15)19(22)21-18/h5-10,12H,3-4,11H2,1-2H3,(H,20,21,22). The van der Waals surface area contributed by atoms with E-state index in [1.165, 1.54) is 0 Å². The molecule has 0 amide bonds. The van der Waals surface area contributed by atoms with Crippen LogP contribution < -0.4 is 15.0 Å². The largest absolute Gasteiger partial charge is 0.493 e. The van der Waals surface area contributed by atoms with Crippen molar-refractivity contribution in [2.45, 2.75) is 19.8 Å². The van der Waals surface area contributed by atoms with Crippen LogP contribution in [0, 0.1) is 0 Å². The molecule has 2 aromatic carbocycles. The summed E-state index contributed by atoms with van der Waals surface area (Å²) in [5.41, 5.74) is 1.29. The summed E-state index contributed by atoms with van der Waals surface area (Å²) in [5.74, 6) is 1.83. The normalized spacial score (nSPS) is 10.8. The molecular weight excluding hydrogens is 304 g/mol. The van der Waals surface area contributed by atoms with E-state index in [4.69, 9.17) is 9.47 Å². The first-order valence-corrected chi connectivity index (χ1v) is 8.03. The maximum Gasteiger partial charge on any atom is 0.259 e. The number of H-pyrrole nitrogens is 1. The number of aromatic amines is 1. The van der Waals surface area contributed by atoms with Gasteiger partial charge in [-0.05, 0) is 36.8 Å². The van der Waals surface area contributed by atoms with Gasteiger partial charge in [-0.2, -0.15) is 0 Å². The third-order valence-corrected chi connectivity index (χ3v) is 3.81. The van der Waals surface area contributed by atoms with Gasteiger partial charge in [-0.15, -0.1) is 0 Å². The molecule has 0 spiro atoms. The average Bonchev–Trinajstić information content (AvgIpc) is 2.62. The van der Waals surface area contributed by atoms with E-state index < -0.39 is 0 Å². The molecule has 5 nitrogen and oxygen atoms in total. The number of hydrogen-bond acceptors (Lipinski definition) is 4. The molecule has 0 atom stereocenters. The van der Waals surface area contributed by atoms with Crippen molar-refractivity contribution in [2.75, 3.05) is 13.7 Å². The summed E-state index contributed by atoms with van der Waals surface area (Å²) in [5, 5.41) is 0.577. The predicted molar refractivity (Wildman–Crippen MR) is 94.8 cm³/mol. The van der Waals surface area contributed by atoms with E-state index in [-0.39, 0.29) is 5.56 Å². The van der Waals surface area contributed by atoms with E-state index in [1.54, 1.807) is 13.2 Å². The first-order chi connectivity index (χ1) is 11.7. The number of ether oxygens (including phenoxy) is 2. The number of hydrogen-bond donors (Lipinski definition) is 1. The van der Waals surface area contributed by atoms with Gasteiger partial charge in [0.15, 0.2) is 11.5 Å². The average molecular weight is 324 g/mol. The van der Waals surface area contributed by atoms with Crippen LogP contribution in [0.25, 0.3) is 22.3 Å². The maximum absolute atomic E-state index is 12.2. The predicted octanol–water partition coefficient (Wildman–Crippen LogP) is 3.78. The van der Waals surface area contributed by atoms with Gasteiger partial charge < -0.3 is 14.5 Å². The smallest absolute Gasteiger partial charge is 0.259 e. The van der Waals surface area contributed by atoms with Gasteiger partial charge in [0.2, 0.25) is 0 Å². The number of nitrogens with one attached hydrogen (secondary N) is 1. The van der Waals surface area contributed by atoms with Crippen LogP contribution in [-0.4, -0.2) is 23.7 Å². The lowest BCUT2D eigenvalue weighted by Gasteiger charge is -2.12. The lowest BCUT2D eigenvalue weighted by Crippen LogP contribution is -2.09. The number of unbranched alkanes of at least 4 members (excludes halogenated alkanes) is 1. The summed E-state index contributed by atoms with van der Waals surface area (Å²) in [4.78, 5) is 19.6. The van der Waals surface area contributed by atoms with Gasteiger partial charge in [-0.3, -0.25) is 4.79 Å². The van der Waals surface area contributed by atoms with Gasteiger partial charge in [0.25, 0.3) is 5.56 Å². The zero-order chi connectivity index (χ0) is 16.9. The van der Waals surface area contributed by atoms with Crippen molar-refractivity contribution < 1.29 is 9.47 Å². The van der Waals surface area contributed by atoms with Crippen LogP contribution in [-0.2, 0) is 0 Å². The van der Waals surface area contributed by atoms with E-state index in [1.807, 2.05) is 36.4 Å². The third-order valence-electron chi connectivity index (χ3n) is 3.81. The second kappa shape index (κ2) is 7.17. The Balaban J connectivity index is 1.99. The van der Waals surface area contributed by atoms with E-state index in [9.17, 15) is 4.79 Å². The van der Waals surface area contributed by atoms with Crippen molar-refractivity contribution in [1.29, 1.82) is 0 Å². The summed E-state index contributed by atoms with van der Waals surface area (Å²) < 4.78 is 11.1. The molecule has 0 bridgehead atoms. The molecule has 1 heterocycles. The van der Waals surface area contributed by atoms with Crippen LogP contribution in [0.1, 0.15) is 19.8 Å². The summed E-state index contributed by atoms with van der Waals surface area (Å²) in [6.45, 7) is 2.77. The Kier molecular flexibility index (Phi) is 4.79. The Morgan fingerprint density at radius 2 is 1.96 bits per heavy atom. The molecular formula is C19H20N2O3. The first kappa shape index (κ1) is 16.1. The molecule has 0 aliphatic rings. The topological polar surface area (TPSA) is 64.2 Å². The molecule has 5 heteroatoms. The maximum atomic E-state index is 12.2. The van der Waals surface area contributed by atoms with Crippen LogP contribution in [0.15, 0.2) is 47.3 Å². The number of fused-ring (bicyclic) bond motifs is 1. The molecule has 0 fully saturated rings. The fraction of sp³-hybridized carbons (Fsp3) is 0.263. The van der Waals surface area contributed by atoms with Gasteiger partial charge in [0.05, 0.1) is 24.6 Å². The second-order valence-corrected chi connectivity index (χ2v) is 5.50. The number of aromatic nitrogens is 2. The molecule has 3 rings (SSSR count). The van der Waals surface area contributed by atoms with E-state index in [0.717, 1.165) is 18.4 Å². The van der Waals surface area contributed by atoms with Gasteiger partial charge in [-0.1, -0.05) is 25.5 Å². The van der Waals surface area contributed by atoms with Gasteiger partial charge in [0.1, 0.15) is 5.82 Å². The van der Waals surface area contributed by atoms with Crippen molar-refractivity contribution in [3.63, 3.8) is 0 Å².